The number of fused-ring (bicyclic) bond motifs is 25. The summed E-state index contributed by atoms with van der Waals surface area (Å²) < 4.78 is 14.1. The number of rotatable bonds is 10. The monoisotopic (exact) mass is 1320 g/mol. The minimum atomic E-state index is -0.583. The molecule has 4 aliphatic carbocycles. The number of hydrogen-bond donors (Lipinski definition) is 0. The molecule has 1 atom stereocenters. The van der Waals surface area contributed by atoms with E-state index in [2.05, 4.69) is 386 Å². The van der Waals surface area contributed by atoms with Crippen molar-refractivity contribution in [2.45, 2.75) is 10.8 Å². The van der Waals surface area contributed by atoms with Crippen molar-refractivity contribution in [2.24, 2.45) is 0 Å². The van der Waals surface area contributed by atoms with Gasteiger partial charge >= 0.3 is 0 Å². The van der Waals surface area contributed by atoms with Gasteiger partial charge < -0.3 is 18.6 Å². The Balaban J connectivity index is 0.576. The zero-order chi connectivity index (χ0) is 68.2. The fourth-order valence-electron chi connectivity index (χ4n) is 18.5. The number of para-hydroxylation sites is 3. The smallest absolute Gasteiger partial charge is 0.140 e. The molecule has 0 fully saturated rings. The first-order valence-corrected chi connectivity index (χ1v) is 35.9. The van der Waals surface area contributed by atoms with Gasteiger partial charge in [0.2, 0.25) is 0 Å². The van der Waals surface area contributed by atoms with Crippen LogP contribution in [0.25, 0.3) is 122 Å². The Labute approximate surface area is 602 Å². The Morgan fingerprint density at radius 1 is 0.202 bits per heavy atom. The molecule has 4 nitrogen and oxygen atoms in total. The molecule has 1 unspecified atom stereocenters. The van der Waals surface area contributed by atoms with E-state index in [1.54, 1.807) is 0 Å². The quantitative estimate of drug-likeness (QED) is 0.137. The fourth-order valence-corrected chi connectivity index (χ4v) is 18.5. The Hall–Kier alpha value is -13.5. The summed E-state index contributed by atoms with van der Waals surface area (Å²) in [6, 6.07) is 138. The molecule has 2 heterocycles. The molecule has 2 spiro atoms. The lowest BCUT2D eigenvalue weighted by Gasteiger charge is -2.30. The van der Waals surface area contributed by atoms with E-state index in [-0.39, 0.29) is 0 Å². The number of benzene rings is 16. The van der Waals surface area contributed by atoms with E-state index < -0.39 is 10.8 Å². The molecule has 22 rings (SSSR count). The van der Waals surface area contributed by atoms with Gasteiger partial charge in [0.05, 0.1) is 16.5 Å². The molecule has 18 aromatic rings. The molecule has 16 aromatic carbocycles. The number of anilines is 6. The third-order valence-electron chi connectivity index (χ3n) is 22.9. The van der Waals surface area contributed by atoms with E-state index in [1.165, 1.54) is 83.1 Å². The predicted molar refractivity (Wildman–Crippen MR) is 427 cm³/mol. The summed E-state index contributed by atoms with van der Waals surface area (Å²) in [7, 11) is 0. The molecule has 0 saturated heterocycles. The molecular weight excluding hydrogens is 1260 g/mol. The Kier molecular flexibility index (Phi) is 12.6. The highest BCUT2D eigenvalue weighted by molar-refractivity contribution is 6.06. The number of furan rings is 2. The molecular formula is C100H62N2O2. The summed E-state index contributed by atoms with van der Waals surface area (Å²) in [4.78, 5) is 4.72. The molecule has 2 aromatic heterocycles. The van der Waals surface area contributed by atoms with Crippen LogP contribution in [0.4, 0.5) is 34.1 Å². The highest BCUT2D eigenvalue weighted by Crippen LogP contribution is 2.67. The second-order valence-corrected chi connectivity index (χ2v) is 28.1. The SMILES string of the molecule is c1ccc(N(c2ccc(-c3cccc(-c4ccc5c6c(oc5c4)-c4ccccc4C64c5ccccc5-c5cc(-c6ccc(N(c7ccccc7)c7cccc8ccccc78)cc6)ccc54)c3)cc2)c2ccc(-c3ccc4c(c3)C3(c5ccccc5-c5ccccc53)c3c-4oc4ccccc34)cc2)cc1. The molecule has 0 bridgehead atoms. The summed E-state index contributed by atoms with van der Waals surface area (Å²) in [6.07, 6.45) is 0. The van der Waals surface area contributed by atoms with Crippen LogP contribution in [0.5, 0.6) is 0 Å². The van der Waals surface area contributed by atoms with Crippen molar-refractivity contribution < 1.29 is 8.83 Å². The van der Waals surface area contributed by atoms with Crippen LogP contribution in [-0.4, -0.2) is 0 Å². The maximum absolute atomic E-state index is 7.24. The topological polar surface area (TPSA) is 32.8 Å². The first-order chi connectivity index (χ1) is 51.6. The molecule has 4 heteroatoms. The minimum absolute atomic E-state index is 0.526. The first kappa shape index (κ1) is 58.3. The third kappa shape index (κ3) is 8.30. The molecule has 0 aliphatic heterocycles. The normalized spacial score (nSPS) is 14.3. The van der Waals surface area contributed by atoms with Crippen molar-refractivity contribution >= 4 is 66.8 Å². The average Bonchev–Trinajstić information content (AvgIpc) is 1.50. The minimum Gasteiger partial charge on any atom is -0.456 e. The summed E-state index contributed by atoms with van der Waals surface area (Å²) in [6.45, 7) is 0. The van der Waals surface area contributed by atoms with Crippen molar-refractivity contribution in [3.63, 3.8) is 0 Å². The highest BCUT2D eigenvalue weighted by atomic mass is 16.3. The maximum atomic E-state index is 7.24. The standard InChI is InChI=1S/C100H62N2O2/c1-3-25-72(26-4-1)101(75-52-43-65(44-53-75)70-47-56-82-91(61-70)100(95-83-34-13-18-40-93(83)103-98(82)95)86-35-14-9-30-78(86)79-31-10-15-36-87(79)100)74-50-41-63(42-51-74)67-23-19-24-68(59-67)71-48-57-84-94(62-71)104-97-81-33-12-17-38-89(81)99(96(84)97)88-37-16-11-32-80(88)85-60-69(49-58-90(85)99)64-45-54-76(55-46-64)102(73-27-5-2-6-28-73)92-39-20-22-66-21-7-8-29-77(66)92/h1-62H. The van der Waals surface area contributed by atoms with Gasteiger partial charge in [0.25, 0.3) is 0 Å². The second-order valence-electron chi connectivity index (χ2n) is 28.1. The van der Waals surface area contributed by atoms with Gasteiger partial charge in [0, 0.05) is 66.8 Å². The van der Waals surface area contributed by atoms with Crippen LogP contribution in [0.1, 0.15) is 44.5 Å². The Bertz CT molecular complexity index is 6490. The summed E-state index contributed by atoms with van der Waals surface area (Å²) in [5.74, 6) is 1.90. The van der Waals surface area contributed by atoms with Crippen molar-refractivity contribution in [2.75, 3.05) is 9.80 Å². The van der Waals surface area contributed by atoms with Crippen LogP contribution in [0.2, 0.25) is 0 Å². The highest BCUT2D eigenvalue weighted by Gasteiger charge is 2.56. The molecule has 0 N–H and O–H groups in total. The summed E-state index contributed by atoms with van der Waals surface area (Å²) >= 11 is 0. The molecule has 0 amide bonds. The van der Waals surface area contributed by atoms with Crippen molar-refractivity contribution in [1.29, 1.82) is 0 Å². The van der Waals surface area contributed by atoms with Crippen LogP contribution in [0.3, 0.4) is 0 Å². The van der Waals surface area contributed by atoms with Gasteiger partial charge in [-0.2, -0.15) is 0 Å². The van der Waals surface area contributed by atoms with Crippen LogP contribution in [-0.2, 0) is 10.8 Å². The van der Waals surface area contributed by atoms with Crippen molar-refractivity contribution in [3.8, 4) is 89.4 Å². The number of hydrogen-bond acceptors (Lipinski definition) is 4. The van der Waals surface area contributed by atoms with Gasteiger partial charge in [-0.05, 0) is 203 Å². The predicted octanol–water partition coefficient (Wildman–Crippen LogP) is 26.6. The fraction of sp³-hybridized carbons (Fsp3) is 0.0200. The van der Waals surface area contributed by atoms with Gasteiger partial charge in [0.15, 0.2) is 0 Å². The lowest BCUT2D eigenvalue weighted by Crippen LogP contribution is -2.25. The summed E-state index contributed by atoms with van der Waals surface area (Å²) in [5.41, 5.74) is 33.9. The van der Waals surface area contributed by atoms with E-state index in [9.17, 15) is 0 Å². The van der Waals surface area contributed by atoms with Gasteiger partial charge in [0.1, 0.15) is 22.7 Å². The lowest BCUT2D eigenvalue weighted by atomic mass is 9.70. The van der Waals surface area contributed by atoms with E-state index >= 15 is 0 Å². The van der Waals surface area contributed by atoms with E-state index in [0.717, 1.165) is 118 Å². The lowest BCUT2D eigenvalue weighted by molar-refractivity contribution is 0.628. The van der Waals surface area contributed by atoms with Gasteiger partial charge in [-0.1, -0.05) is 279 Å². The van der Waals surface area contributed by atoms with Gasteiger partial charge in [-0.15, -0.1) is 0 Å². The summed E-state index contributed by atoms with van der Waals surface area (Å²) in [5, 5.41) is 4.71. The first-order valence-electron chi connectivity index (χ1n) is 35.9. The van der Waals surface area contributed by atoms with E-state index in [1.807, 2.05) is 0 Å². The second kappa shape index (κ2) is 22.5. The van der Waals surface area contributed by atoms with Crippen molar-refractivity contribution in [3.05, 3.63) is 421 Å². The zero-order valence-electron chi connectivity index (χ0n) is 56.5. The molecule has 0 radical (unpaired) electrons. The molecule has 4 aliphatic rings. The Morgan fingerprint density at radius 3 is 1.22 bits per heavy atom. The molecule has 484 valence electrons. The third-order valence-corrected chi connectivity index (χ3v) is 22.9. The van der Waals surface area contributed by atoms with E-state index in [4.69, 9.17) is 8.83 Å². The largest absolute Gasteiger partial charge is 0.456 e. The molecule has 104 heavy (non-hydrogen) atoms. The van der Waals surface area contributed by atoms with Gasteiger partial charge in [-0.25, -0.2) is 0 Å². The molecule has 0 saturated carbocycles. The average molecular weight is 1320 g/mol. The van der Waals surface area contributed by atoms with Crippen LogP contribution in [0, 0.1) is 0 Å². The maximum Gasteiger partial charge on any atom is 0.140 e. The van der Waals surface area contributed by atoms with E-state index in [0.29, 0.717) is 0 Å². The Morgan fingerprint density at radius 2 is 0.587 bits per heavy atom. The van der Waals surface area contributed by atoms with Crippen molar-refractivity contribution in [1.82, 2.24) is 0 Å². The van der Waals surface area contributed by atoms with Crippen LogP contribution >= 0.6 is 0 Å². The van der Waals surface area contributed by atoms with Gasteiger partial charge in [-0.3, -0.25) is 0 Å². The number of nitrogens with zero attached hydrogens (tertiary/aromatic N) is 2. The zero-order valence-corrected chi connectivity index (χ0v) is 56.5. The van der Waals surface area contributed by atoms with Crippen LogP contribution < -0.4 is 9.80 Å². The van der Waals surface area contributed by atoms with Crippen LogP contribution in [0.15, 0.2) is 385 Å².